The van der Waals surface area contributed by atoms with Crippen molar-refractivity contribution in [1.29, 1.82) is 0 Å². The first kappa shape index (κ1) is 22.1. The number of carbonyl (C=O) groups excluding carboxylic acids is 1. The lowest BCUT2D eigenvalue weighted by atomic mass is 9.98. The number of benzene rings is 2. The average Bonchev–Trinajstić information content (AvgIpc) is 2.75. The van der Waals surface area contributed by atoms with Gasteiger partial charge in [0.05, 0.1) is 18.7 Å². The number of hydrogen-bond donors (Lipinski definition) is 2. The highest BCUT2D eigenvalue weighted by molar-refractivity contribution is 7.80. The number of ether oxygens (including phenoxy) is 1. The van der Waals surface area contributed by atoms with E-state index in [4.69, 9.17) is 17.0 Å². The van der Waals surface area contributed by atoms with E-state index >= 15 is 0 Å². The molecule has 0 radical (unpaired) electrons. The van der Waals surface area contributed by atoms with E-state index in [1.54, 1.807) is 6.07 Å². The van der Waals surface area contributed by atoms with E-state index in [-0.39, 0.29) is 12.0 Å². The van der Waals surface area contributed by atoms with Gasteiger partial charge < -0.3 is 20.3 Å². The van der Waals surface area contributed by atoms with Gasteiger partial charge in [0, 0.05) is 24.5 Å². The van der Waals surface area contributed by atoms with Crippen LogP contribution < -0.4 is 15.5 Å². The molecule has 1 fully saturated rings. The Morgan fingerprint density at radius 1 is 1.17 bits per heavy atom. The molecule has 6 heteroatoms. The lowest BCUT2D eigenvalue weighted by Gasteiger charge is -2.32. The molecule has 0 aliphatic carbocycles. The second-order valence-corrected chi connectivity index (χ2v) is 8.46. The van der Waals surface area contributed by atoms with Crippen LogP contribution in [0.4, 0.5) is 11.4 Å². The maximum absolute atomic E-state index is 11.9. The number of piperidine rings is 1. The Labute approximate surface area is 184 Å². The van der Waals surface area contributed by atoms with Gasteiger partial charge in [0.15, 0.2) is 5.11 Å². The van der Waals surface area contributed by atoms with Gasteiger partial charge in [-0.1, -0.05) is 25.1 Å². The predicted octanol–water partition coefficient (Wildman–Crippen LogP) is 5.07. The van der Waals surface area contributed by atoms with Crippen LogP contribution in [0.2, 0.25) is 0 Å². The zero-order valence-corrected chi connectivity index (χ0v) is 19.0. The van der Waals surface area contributed by atoms with Gasteiger partial charge in [0.25, 0.3) is 0 Å². The van der Waals surface area contributed by atoms with Crippen molar-refractivity contribution >= 4 is 34.7 Å². The van der Waals surface area contributed by atoms with Gasteiger partial charge in [-0.05, 0) is 80.2 Å². The Bertz CT molecular complexity index is 890. The van der Waals surface area contributed by atoms with Crippen molar-refractivity contribution in [1.82, 2.24) is 5.32 Å². The van der Waals surface area contributed by atoms with Gasteiger partial charge in [0.1, 0.15) is 0 Å². The van der Waals surface area contributed by atoms with Crippen LogP contribution in [0.1, 0.15) is 54.2 Å². The minimum atomic E-state index is -0.355. The SMILES string of the molecule is COC(=O)c1cccc(NC(=S)NC(C)c2ccc(N3CCC(C)CC3)cc2)c1C. The molecule has 2 aromatic rings. The first-order valence-corrected chi connectivity index (χ1v) is 10.9. The van der Waals surface area contributed by atoms with Gasteiger partial charge in [-0.15, -0.1) is 0 Å². The van der Waals surface area contributed by atoms with Crippen LogP contribution in [0, 0.1) is 12.8 Å². The minimum Gasteiger partial charge on any atom is -0.465 e. The largest absolute Gasteiger partial charge is 0.465 e. The molecule has 3 rings (SSSR count). The summed E-state index contributed by atoms with van der Waals surface area (Å²) in [6, 6.07) is 14.2. The standard InChI is InChI=1S/C24H31N3O2S/c1-16-12-14-27(15-13-16)20-10-8-19(9-11-20)18(3)25-24(30)26-22-7-5-6-21(17(22)2)23(28)29-4/h5-11,16,18H,12-15H2,1-4H3,(H2,25,26,30). The Balaban J connectivity index is 1.60. The van der Waals surface area contributed by atoms with E-state index in [0.717, 1.165) is 30.3 Å². The van der Waals surface area contributed by atoms with Gasteiger partial charge in [-0.3, -0.25) is 0 Å². The number of rotatable bonds is 5. The summed E-state index contributed by atoms with van der Waals surface area (Å²) in [5.74, 6) is 0.474. The Morgan fingerprint density at radius 3 is 2.47 bits per heavy atom. The molecule has 0 aromatic heterocycles. The summed E-state index contributed by atoms with van der Waals surface area (Å²) in [5, 5.41) is 7.05. The Morgan fingerprint density at radius 2 is 1.83 bits per heavy atom. The third kappa shape index (κ3) is 5.30. The summed E-state index contributed by atoms with van der Waals surface area (Å²) in [7, 11) is 1.38. The quantitative estimate of drug-likeness (QED) is 0.516. The molecule has 0 spiro atoms. The van der Waals surface area contributed by atoms with Crippen molar-refractivity contribution in [3.8, 4) is 0 Å². The van der Waals surface area contributed by atoms with Crippen LogP contribution in [0.3, 0.4) is 0 Å². The van der Waals surface area contributed by atoms with E-state index < -0.39 is 0 Å². The van der Waals surface area contributed by atoms with Gasteiger partial charge in [-0.25, -0.2) is 4.79 Å². The van der Waals surface area contributed by atoms with Crippen LogP contribution in [-0.2, 0) is 4.74 Å². The summed E-state index contributed by atoms with van der Waals surface area (Å²) < 4.78 is 4.84. The number of anilines is 2. The molecule has 0 saturated carbocycles. The molecule has 160 valence electrons. The first-order chi connectivity index (χ1) is 14.4. The fourth-order valence-corrected chi connectivity index (χ4v) is 4.07. The third-order valence-electron chi connectivity index (χ3n) is 5.88. The fourth-order valence-electron chi connectivity index (χ4n) is 3.78. The topological polar surface area (TPSA) is 53.6 Å². The number of esters is 1. The molecule has 2 N–H and O–H groups in total. The van der Waals surface area contributed by atoms with Crippen molar-refractivity contribution in [3.05, 3.63) is 59.2 Å². The number of hydrogen-bond acceptors (Lipinski definition) is 4. The maximum Gasteiger partial charge on any atom is 0.338 e. The van der Waals surface area contributed by atoms with E-state index in [2.05, 4.69) is 53.6 Å². The Kier molecular flexibility index (Phi) is 7.32. The van der Waals surface area contributed by atoms with Crippen molar-refractivity contribution in [3.63, 3.8) is 0 Å². The number of methoxy groups -OCH3 is 1. The number of carbonyl (C=O) groups is 1. The van der Waals surface area contributed by atoms with Crippen molar-refractivity contribution in [2.75, 3.05) is 30.4 Å². The van der Waals surface area contributed by atoms with Crippen molar-refractivity contribution in [2.24, 2.45) is 5.92 Å². The minimum absolute atomic E-state index is 0.0597. The molecule has 1 aliphatic heterocycles. The van der Waals surface area contributed by atoms with Gasteiger partial charge in [-0.2, -0.15) is 0 Å². The summed E-state index contributed by atoms with van der Waals surface area (Å²) in [5.41, 5.74) is 4.58. The first-order valence-electron chi connectivity index (χ1n) is 10.5. The molecule has 2 aromatic carbocycles. The lowest BCUT2D eigenvalue weighted by Crippen LogP contribution is -2.33. The number of nitrogens with one attached hydrogen (secondary N) is 2. The highest BCUT2D eigenvalue weighted by atomic mass is 32.1. The smallest absolute Gasteiger partial charge is 0.338 e. The predicted molar refractivity (Wildman–Crippen MR) is 127 cm³/mol. The van der Waals surface area contributed by atoms with Crippen LogP contribution in [0.15, 0.2) is 42.5 Å². The summed E-state index contributed by atoms with van der Waals surface area (Å²) in [6.07, 6.45) is 2.52. The van der Waals surface area contributed by atoms with Crippen LogP contribution in [-0.4, -0.2) is 31.3 Å². The van der Waals surface area contributed by atoms with Crippen LogP contribution >= 0.6 is 12.2 Å². The van der Waals surface area contributed by atoms with Gasteiger partial charge >= 0.3 is 5.97 Å². The molecule has 1 unspecified atom stereocenters. The van der Waals surface area contributed by atoms with E-state index in [1.165, 1.54) is 31.2 Å². The highest BCUT2D eigenvalue weighted by Gasteiger charge is 2.17. The highest BCUT2D eigenvalue weighted by Crippen LogP contribution is 2.25. The maximum atomic E-state index is 11.9. The lowest BCUT2D eigenvalue weighted by molar-refractivity contribution is 0.0600. The molecule has 1 atom stereocenters. The molecule has 0 amide bonds. The molecule has 30 heavy (non-hydrogen) atoms. The van der Waals surface area contributed by atoms with E-state index in [0.29, 0.717) is 10.7 Å². The summed E-state index contributed by atoms with van der Waals surface area (Å²) in [4.78, 5) is 14.4. The van der Waals surface area contributed by atoms with Crippen LogP contribution in [0.25, 0.3) is 0 Å². The monoisotopic (exact) mass is 425 g/mol. The molecular formula is C24H31N3O2S. The second-order valence-electron chi connectivity index (χ2n) is 8.05. The average molecular weight is 426 g/mol. The molecule has 1 heterocycles. The van der Waals surface area contributed by atoms with E-state index in [9.17, 15) is 4.79 Å². The normalized spacial score (nSPS) is 15.4. The number of nitrogens with zero attached hydrogens (tertiary/aromatic N) is 1. The van der Waals surface area contributed by atoms with Crippen LogP contribution in [0.5, 0.6) is 0 Å². The number of thiocarbonyl (C=S) groups is 1. The molecular weight excluding hydrogens is 394 g/mol. The fraction of sp³-hybridized carbons (Fsp3) is 0.417. The summed E-state index contributed by atoms with van der Waals surface area (Å²) in [6.45, 7) is 8.56. The molecule has 1 saturated heterocycles. The third-order valence-corrected chi connectivity index (χ3v) is 6.10. The van der Waals surface area contributed by atoms with Gasteiger partial charge in [0.2, 0.25) is 0 Å². The van der Waals surface area contributed by atoms with Crippen molar-refractivity contribution in [2.45, 2.75) is 39.7 Å². The summed E-state index contributed by atoms with van der Waals surface area (Å²) >= 11 is 5.50. The molecule has 0 bridgehead atoms. The molecule has 1 aliphatic rings. The molecule has 5 nitrogen and oxygen atoms in total. The Hall–Kier alpha value is -2.60. The van der Waals surface area contributed by atoms with E-state index in [1.807, 2.05) is 19.1 Å². The second kappa shape index (κ2) is 9.94. The zero-order valence-electron chi connectivity index (χ0n) is 18.2. The zero-order chi connectivity index (χ0) is 21.7. The van der Waals surface area contributed by atoms with Crippen molar-refractivity contribution < 1.29 is 9.53 Å².